The van der Waals surface area contributed by atoms with Crippen LogP contribution in [0.25, 0.3) is 0 Å². The third kappa shape index (κ3) is 5.07. The Morgan fingerprint density at radius 1 is 1.73 bits per heavy atom. The molecule has 0 aliphatic rings. The predicted molar refractivity (Wildman–Crippen MR) is 68.1 cm³/mol. The van der Waals surface area contributed by atoms with Crippen LogP contribution in [0.15, 0.2) is 12.7 Å². The van der Waals surface area contributed by atoms with E-state index in [2.05, 4.69) is 19.2 Å². The van der Waals surface area contributed by atoms with E-state index in [1.165, 1.54) is 6.21 Å². The number of hydrogen-bond acceptors (Lipinski definition) is 4. The molecule has 0 amide bonds. The van der Waals surface area contributed by atoms with Gasteiger partial charge in [-0.15, -0.1) is 6.58 Å². The van der Waals surface area contributed by atoms with E-state index in [1.807, 2.05) is 6.92 Å². The molecule has 0 aromatic rings. The van der Waals surface area contributed by atoms with E-state index >= 15 is 0 Å². The maximum atomic E-state index is 11.6. The normalized spacial score (nSPS) is 15.9. The second-order valence-electron chi connectivity index (χ2n) is 3.42. The van der Waals surface area contributed by atoms with Crippen molar-refractivity contribution in [2.24, 2.45) is 11.8 Å². The fourth-order valence-electron chi connectivity index (χ4n) is 1.25. The van der Waals surface area contributed by atoms with Gasteiger partial charge < -0.3 is 10.1 Å². The summed E-state index contributed by atoms with van der Waals surface area (Å²) in [4.78, 5) is 11.6. The molecule has 3 atom stereocenters. The fraction of sp³-hybridized carbons (Fsp3) is 0.600. The summed E-state index contributed by atoms with van der Waals surface area (Å²) in [7, 11) is 0.366. The monoisotopic (exact) mass is 227 g/mol. The van der Waals surface area contributed by atoms with Gasteiger partial charge in [0.15, 0.2) is 0 Å². The van der Waals surface area contributed by atoms with E-state index < -0.39 is 0 Å². The largest absolute Gasteiger partial charge is 0.540 e. The molecule has 0 bridgehead atoms. The molecule has 84 valence electrons. The van der Waals surface area contributed by atoms with Gasteiger partial charge in [0.25, 0.3) is 5.97 Å². The van der Waals surface area contributed by atoms with Crippen LogP contribution in [0, 0.1) is 17.2 Å². The molecule has 3 nitrogen and oxygen atoms in total. The summed E-state index contributed by atoms with van der Waals surface area (Å²) in [5.41, 5.74) is 0. The van der Waals surface area contributed by atoms with E-state index in [9.17, 15) is 4.79 Å². The molecule has 0 saturated heterocycles. The van der Waals surface area contributed by atoms with Crippen LogP contribution in [0.4, 0.5) is 0 Å². The first-order valence-corrected chi connectivity index (χ1v) is 5.56. The molecule has 0 aliphatic carbocycles. The minimum atomic E-state index is -0.303. The lowest BCUT2D eigenvalue weighted by Crippen LogP contribution is -2.28. The predicted octanol–water partition coefficient (Wildman–Crippen LogP) is 1.71. The Kier molecular flexibility index (Phi) is 7.21. The molecular formula is C10H18BNO2S. The van der Waals surface area contributed by atoms with E-state index in [0.717, 1.165) is 0 Å². The van der Waals surface area contributed by atoms with Gasteiger partial charge in [0.1, 0.15) is 0 Å². The Morgan fingerprint density at radius 2 is 2.33 bits per heavy atom. The molecule has 1 N–H and O–H groups in total. The molecule has 0 spiro atoms. The molecule has 0 heterocycles. The summed E-state index contributed by atoms with van der Waals surface area (Å²) in [6.45, 7) is 7.22. The average molecular weight is 227 g/mol. The molecular weight excluding hydrogens is 209 g/mol. The standard InChI is InChI=1S/C10H18BNO2S/c1-4-8(15)5-9(7(2)6-12)10(13)14-11-3/h4,6-9,11-12,15H,1,5H2,2-3H3. The van der Waals surface area contributed by atoms with Gasteiger partial charge in [-0.3, -0.25) is 4.79 Å². The molecule has 3 unspecified atom stereocenters. The quantitative estimate of drug-likeness (QED) is 0.301. The zero-order chi connectivity index (χ0) is 11.8. The summed E-state index contributed by atoms with van der Waals surface area (Å²) >= 11 is 4.26. The lowest BCUT2D eigenvalue weighted by Gasteiger charge is -2.20. The minimum Gasteiger partial charge on any atom is -0.540 e. The van der Waals surface area contributed by atoms with Crippen molar-refractivity contribution in [1.29, 1.82) is 5.41 Å². The molecule has 0 fully saturated rings. The maximum Gasteiger partial charge on any atom is 0.340 e. The van der Waals surface area contributed by atoms with Crippen LogP contribution < -0.4 is 0 Å². The Hall–Kier alpha value is -0.705. The van der Waals surface area contributed by atoms with Gasteiger partial charge in [-0.25, -0.2) is 0 Å². The highest BCUT2D eigenvalue weighted by Gasteiger charge is 2.26. The second-order valence-corrected chi connectivity index (χ2v) is 4.09. The summed E-state index contributed by atoms with van der Waals surface area (Å²) in [6.07, 6.45) is 3.51. The van der Waals surface area contributed by atoms with Crippen LogP contribution in [0.1, 0.15) is 13.3 Å². The molecule has 0 aliphatic heterocycles. The van der Waals surface area contributed by atoms with Crippen LogP contribution >= 0.6 is 12.6 Å². The van der Waals surface area contributed by atoms with Gasteiger partial charge >= 0.3 is 7.48 Å². The fourth-order valence-corrected chi connectivity index (χ4v) is 1.47. The lowest BCUT2D eigenvalue weighted by molar-refractivity contribution is -0.139. The summed E-state index contributed by atoms with van der Waals surface area (Å²) < 4.78 is 4.96. The highest BCUT2D eigenvalue weighted by atomic mass is 32.1. The Labute approximate surface area is 97.5 Å². The first-order chi connectivity index (χ1) is 7.06. The summed E-state index contributed by atoms with van der Waals surface area (Å²) in [5.74, 6) is -0.684. The maximum absolute atomic E-state index is 11.6. The van der Waals surface area contributed by atoms with Gasteiger partial charge in [0, 0.05) is 11.2 Å². The van der Waals surface area contributed by atoms with Crippen molar-refractivity contribution >= 4 is 32.3 Å². The zero-order valence-electron chi connectivity index (χ0n) is 9.27. The van der Waals surface area contributed by atoms with Crippen molar-refractivity contribution < 1.29 is 9.45 Å². The van der Waals surface area contributed by atoms with Crippen molar-refractivity contribution in [2.45, 2.75) is 25.4 Å². The SMILES string of the molecule is C=CC(S)CC(C(=O)OBC)C(C)C=N. The third-order valence-corrected chi connectivity index (χ3v) is 2.68. The number of thiol groups is 1. The van der Waals surface area contributed by atoms with E-state index in [4.69, 9.17) is 10.1 Å². The smallest absolute Gasteiger partial charge is 0.340 e. The van der Waals surface area contributed by atoms with Crippen LogP contribution in [0.5, 0.6) is 0 Å². The van der Waals surface area contributed by atoms with Gasteiger partial charge in [0.05, 0.1) is 5.92 Å². The second kappa shape index (κ2) is 7.57. The average Bonchev–Trinajstić information content (AvgIpc) is 2.24. The Bertz CT molecular complexity index is 235. The van der Waals surface area contributed by atoms with Crippen LogP contribution in [-0.2, 0) is 9.45 Å². The van der Waals surface area contributed by atoms with Crippen molar-refractivity contribution in [3.05, 3.63) is 12.7 Å². The van der Waals surface area contributed by atoms with Crippen LogP contribution in [-0.4, -0.2) is 24.9 Å². The molecule has 0 aromatic carbocycles. The Morgan fingerprint density at radius 3 is 2.73 bits per heavy atom. The molecule has 5 heteroatoms. The van der Waals surface area contributed by atoms with Crippen molar-refractivity contribution in [3.8, 4) is 0 Å². The van der Waals surface area contributed by atoms with Gasteiger partial charge in [-0.2, -0.15) is 12.6 Å². The number of nitrogens with one attached hydrogen (secondary N) is 1. The highest BCUT2D eigenvalue weighted by molar-refractivity contribution is 7.81. The van der Waals surface area contributed by atoms with Crippen LogP contribution in [0.2, 0.25) is 6.82 Å². The van der Waals surface area contributed by atoms with Gasteiger partial charge in [-0.05, 0) is 12.6 Å². The van der Waals surface area contributed by atoms with Crippen LogP contribution in [0.3, 0.4) is 0 Å². The minimum absolute atomic E-state index is 0.0400. The number of carbonyl (C=O) groups is 1. The zero-order valence-corrected chi connectivity index (χ0v) is 10.2. The van der Waals surface area contributed by atoms with Crippen molar-refractivity contribution in [1.82, 2.24) is 0 Å². The van der Waals surface area contributed by atoms with E-state index in [-0.39, 0.29) is 23.1 Å². The molecule has 0 radical (unpaired) electrons. The highest BCUT2D eigenvalue weighted by Crippen LogP contribution is 2.20. The summed E-state index contributed by atoms with van der Waals surface area (Å²) in [5, 5.41) is 7.14. The summed E-state index contributed by atoms with van der Waals surface area (Å²) in [6, 6.07) is 0. The molecule has 15 heavy (non-hydrogen) atoms. The van der Waals surface area contributed by atoms with Crippen molar-refractivity contribution in [2.75, 3.05) is 0 Å². The third-order valence-electron chi connectivity index (χ3n) is 2.25. The molecule has 0 saturated carbocycles. The lowest BCUT2D eigenvalue weighted by atomic mass is 9.89. The molecule has 0 rings (SSSR count). The molecule has 0 aromatic heterocycles. The van der Waals surface area contributed by atoms with E-state index in [0.29, 0.717) is 13.9 Å². The number of hydrogen-bond donors (Lipinski definition) is 2. The Balaban J connectivity index is 4.49. The first-order valence-electron chi connectivity index (χ1n) is 5.04. The first kappa shape index (κ1) is 14.3. The van der Waals surface area contributed by atoms with Crippen molar-refractivity contribution in [3.63, 3.8) is 0 Å². The van der Waals surface area contributed by atoms with Gasteiger partial charge in [-0.1, -0.05) is 19.8 Å². The number of rotatable bonds is 7. The van der Waals surface area contributed by atoms with Gasteiger partial charge in [0.2, 0.25) is 0 Å². The van der Waals surface area contributed by atoms with E-state index in [1.54, 1.807) is 12.9 Å². The number of carbonyl (C=O) groups excluding carboxylic acids is 1. The topological polar surface area (TPSA) is 50.2 Å².